The minimum Gasteiger partial charge on any atom is -0.396 e. The van der Waals surface area contributed by atoms with Gasteiger partial charge in [-0.2, -0.15) is 0 Å². The van der Waals surface area contributed by atoms with Gasteiger partial charge in [0.25, 0.3) is 5.91 Å². The molecular formula is C14H19FN2O2. The molecule has 5 heteroatoms. The molecule has 0 unspecified atom stereocenters. The fraction of sp³-hybridized carbons (Fsp3) is 0.500. The fourth-order valence-corrected chi connectivity index (χ4v) is 1.74. The molecule has 0 aromatic heterocycles. The van der Waals surface area contributed by atoms with Gasteiger partial charge in [-0.1, -0.05) is 6.07 Å². The summed E-state index contributed by atoms with van der Waals surface area (Å²) >= 11 is 0. The Hall–Kier alpha value is -1.62. The molecule has 0 radical (unpaired) electrons. The van der Waals surface area contributed by atoms with Gasteiger partial charge in [0.15, 0.2) is 0 Å². The topological polar surface area (TPSA) is 64.4 Å². The number of hydrogen-bond donors (Lipinski definition) is 2. The van der Waals surface area contributed by atoms with Crippen molar-refractivity contribution in [3.05, 3.63) is 29.6 Å². The normalized spacial score (nSPS) is 14.4. The Bertz CT molecular complexity index is 447. The first kappa shape index (κ1) is 13.8. The maximum atomic E-state index is 13.2. The smallest absolute Gasteiger partial charge is 0.253 e. The van der Waals surface area contributed by atoms with Gasteiger partial charge in [0.2, 0.25) is 0 Å². The molecule has 1 fully saturated rings. The highest BCUT2D eigenvalue weighted by Crippen LogP contribution is 2.28. The van der Waals surface area contributed by atoms with Crippen LogP contribution in [0.25, 0.3) is 0 Å². The summed E-state index contributed by atoms with van der Waals surface area (Å²) in [5.41, 5.74) is 5.59. The van der Waals surface area contributed by atoms with E-state index < -0.39 is 5.82 Å². The van der Waals surface area contributed by atoms with Gasteiger partial charge in [0.1, 0.15) is 5.82 Å². The predicted octanol–water partition coefficient (Wildman–Crippen LogP) is 1.95. The second kappa shape index (κ2) is 6.52. The minimum atomic E-state index is -0.569. The molecule has 0 heterocycles. The van der Waals surface area contributed by atoms with Gasteiger partial charge >= 0.3 is 0 Å². The molecule has 0 atom stereocenters. The Morgan fingerprint density at radius 1 is 1.47 bits per heavy atom. The molecule has 0 bridgehead atoms. The molecule has 0 aliphatic heterocycles. The zero-order valence-electron chi connectivity index (χ0n) is 10.8. The van der Waals surface area contributed by atoms with E-state index in [1.165, 1.54) is 31.0 Å². The summed E-state index contributed by atoms with van der Waals surface area (Å²) < 4.78 is 18.6. The van der Waals surface area contributed by atoms with E-state index in [1.54, 1.807) is 0 Å². The number of hydrogen-bond acceptors (Lipinski definition) is 3. The summed E-state index contributed by atoms with van der Waals surface area (Å²) in [5.74, 6) is -0.165. The largest absolute Gasteiger partial charge is 0.396 e. The first-order valence-electron chi connectivity index (χ1n) is 6.58. The van der Waals surface area contributed by atoms with Crippen LogP contribution in [0, 0.1) is 11.7 Å². The van der Waals surface area contributed by atoms with E-state index in [2.05, 4.69) is 5.32 Å². The first-order valence-corrected chi connectivity index (χ1v) is 6.58. The highest BCUT2D eigenvalue weighted by Gasteiger charge is 2.20. The van der Waals surface area contributed by atoms with Gasteiger partial charge in [-0.05, 0) is 37.3 Å². The Labute approximate surface area is 112 Å². The van der Waals surface area contributed by atoms with Crippen molar-refractivity contribution in [2.24, 2.45) is 5.92 Å². The second-order valence-corrected chi connectivity index (χ2v) is 4.83. The number of carbonyl (C=O) groups excluding carboxylic acids is 1. The third kappa shape index (κ3) is 4.21. The summed E-state index contributed by atoms with van der Waals surface area (Å²) in [4.78, 5) is 11.8. The molecule has 0 saturated heterocycles. The van der Waals surface area contributed by atoms with E-state index in [9.17, 15) is 9.18 Å². The van der Waals surface area contributed by atoms with E-state index in [-0.39, 0.29) is 17.2 Å². The Kier molecular flexibility index (Phi) is 4.74. The third-order valence-corrected chi connectivity index (χ3v) is 3.10. The van der Waals surface area contributed by atoms with Crippen molar-refractivity contribution < 1.29 is 13.9 Å². The minimum absolute atomic E-state index is 0.106. The number of benzene rings is 1. The number of halogens is 1. The molecular weight excluding hydrogens is 247 g/mol. The molecule has 0 spiro atoms. The lowest BCUT2D eigenvalue weighted by molar-refractivity contribution is 0.0938. The van der Waals surface area contributed by atoms with Crippen molar-refractivity contribution in [3.8, 4) is 0 Å². The van der Waals surface area contributed by atoms with Crippen LogP contribution in [-0.4, -0.2) is 25.7 Å². The van der Waals surface area contributed by atoms with Crippen LogP contribution in [0.3, 0.4) is 0 Å². The number of para-hydroxylation sites is 1. The Morgan fingerprint density at radius 3 is 3.00 bits per heavy atom. The number of nitrogens with one attached hydrogen (secondary N) is 1. The predicted molar refractivity (Wildman–Crippen MR) is 71.3 cm³/mol. The van der Waals surface area contributed by atoms with E-state index in [1.807, 2.05) is 0 Å². The molecule has 1 aliphatic rings. The van der Waals surface area contributed by atoms with Gasteiger partial charge in [0, 0.05) is 19.8 Å². The summed E-state index contributed by atoms with van der Waals surface area (Å²) in [7, 11) is 0. The van der Waals surface area contributed by atoms with E-state index in [0.29, 0.717) is 13.2 Å². The lowest BCUT2D eigenvalue weighted by Crippen LogP contribution is -2.26. The lowest BCUT2D eigenvalue weighted by Gasteiger charge is -2.08. The van der Waals surface area contributed by atoms with Crippen LogP contribution in [0.1, 0.15) is 29.6 Å². The van der Waals surface area contributed by atoms with Crippen LogP contribution < -0.4 is 11.1 Å². The number of ether oxygens (including phenoxy) is 1. The van der Waals surface area contributed by atoms with Crippen molar-refractivity contribution in [1.82, 2.24) is 5.32 Å². The number of nitrogen functional groups attached to an aromatic ring is 1. The number of rotatable bonds is 7. The summed E-state index contributed by atoms with van der Waals surface area (Å²) in [6.07, 6.45) is 3.29. The Morgan fingerprint density at radius 2 is 2.26 bits per heavy atom. The van der Waals surface area contributed by atoms with E-state index >= 15 is 0 Å². The quantitative estimate of drug-likeness (QED) is 0.585. The number of carbonyl (C=O) groups is 1. The van der Waals surface area contributed by atoms with Gasteiger partial charge < -0.3 is 15.8 Å². The van der Waals surface area contributed by atoms with Crippen LogP contribution >= 0.6 is 0 Å². The van der Waals surface area contributed by atoms with Crippen LogP contribution in [0.15, 0.2) is 18.2 Å². The molecule has 3 N–H and O–H groups in total. The van der Waals surface area contributed by atoms with Crippen LogP contribution in [0.4, 0.5) is 10.1 Å². The van der Waals surface area contributed by atoms with E-state index in [4.69, 9.17) is 10.5 Å². The summed E-state index contributed by atoms with van der Waals surface area (Å²) in [5, 5.41) is 2.71. The van der Waals surface area contributed by atoms with Crippen molar-refractivity contribution in [1.29, 1.82) is 0 Å². The molecule has 19 heavy (non-hydrogen) atoms. The van der Waals surface area contributed by atoms with Gasteiger partial charge in [-0.25, -0.2) is 4.39 Å². The van der Waals surface area contributed by atoms with Crippen molar-refractivity contribution in [2.45, 2.75) is 19.3 Å². The number of anilines is 1. The average Bonchev–Trinajstić information content (AvgIpc) is 3.20. The molecule has 1 aromatic rings. The molecule has 2 rings (SSSR count). The zero-order valence-corrected chi connectivity index (χ0v) is 10.8. The fourth-order valence-electron chi connectivity index (χ4n) is 1.74. The number of amides is 1. The van der Waals surface area contributed by atoms with E-state index in [0.717, 1.165) is 18.9 Å². The standard InChI is InChI=1S/C14H19FN2O2/c15-12-4-1-3-11(13(12)16)14(18)17-7-2-8-19-9-10-5-6-10/h1,3-4,10H,2,5-9,16H2,(H,17,18). The average molecular weight is 266 g/mol. The van der Waals surface area contributed by atoms with Crippen LogP contribution in [-0.2, 0) is 4.74 Å². The van der Waals surface area contributed by atoms with Crippen molar-refractivity contribution in [3.63, 3.8) is 0 Å². The molecule has 104 valence electrons. The van der Waals surface area contributed by atoms with Crippen LogP contribution in [0.5, 0.6) is 0 Å². The maximum absolute atomic E-state index is 13.2. The molecule has 1 amide bonds. The summed E-state index contributed by atoms with van der Waals surface area (Å²) in [6.45, 7) is 1.96. The van der Waals surface area contributed by atoms with Gasteiger partial charge in [-0.3, -0.25) is 4.79 Å². The SMILES string of the molecule is Nc1c(F)cccc1C(=O)NCCCOCC1CC1. The highest BCUT2D eigenvalue weighted by molar-refractivity contribution is 5.99. The third-order valence-electron chi connectivity index (χ3n) is 3.10. The molecule has 1 aliphatic carbocycles. The van der Waals surface area contributed by atoms with Crippen molar-refractivity contribution in [2.75, 3.05) is 25.5 Å². The summed E-state index contributed by atoms with van der Waals surface area (Å²) in [6, 6.07) is 4.22. The molecule has 1 aromatic carbocycles. The zero-order chi connectivity index (χ0) is 13.7. The highest BCUT2D eigenvalue weighted by atomic mass is 19.1. The van der Waals surface area contributed by atoms with Crippen molar-refractivity contribution >= 4 is 11.6 Å². The Balaban J connectivity index is 1.67. The maximum Gasteiger partial charge on any atom is 0.253 e. The second-order valence-electron chi connectivity index (χ2n) is 4.83. The molecule has 4 nitrogen and oxygen atoms in total. The lowest BCUT2D eigenvalue weighted by atomic mass is 10.1. The van der Waals surface area contributed by atoms with Gasteiger partial charge in [0.05, 0.1) is 11.3 Å². The van der Waals surface area contributed by atoms with Crippen LogP contribution in [0.2, 0.25) is 0 Å². The monoisotopic (exact) mass is 266 g/mol. The molecule has 1 saturated carbocycles. The first-order chi connectivity index (χ1) is 9.18. The number of nitrogens with two attached hydrogens (primary N) is 1. The van der Waals surface area contributed by atoms with Gasteiger partial charge in [-0.15, -0.1) is 0 Å².